The number of carboxylic acids is 1. The molecule has 1 heterocycles. The van der Waals surface area contributed by atoms with Crippen LogP contribution in [-0.4, -0.2) is 11.1 Å². The number of hydrogen-bond acceptors (Lipinski definition) is 4. The van der Waals surface area contributed by atoms with Crippen LogP contribution >= 0.6 is 0 Å². The van der Waals surface area contributed by atoms with Gasteiger partial charge in [0.2, 0.25) is 0 Å². The van der Waals surface area contributed by atoms with Crippen molar-refractivity contribution < 1.29 is 14.6 Å². The normalized spacial score (nSPS) is 12.1. The zero-order chi connectivity index (χ0) is 19.3. The summed E-state index contributed by atoms with van der Waals surface area (Å²) in [7, 11) is 0. The van der Waals surface area contributed by atoms with Gasteiger partial charge in [-0.05, 0) is 41.5 Å². The molecule has 5 N–H and O–H groups in total. The predicted molar refractivity (Wildman–Crippen MR) is 106 cm³/mol. The molecule has 0 unspecified atom stereocenters. The van der Waals surface area contributed by atoms with Crippen LogP contribution in [0.4, 0.5) is 11.4 Å². The first-order valence-electron chi connectivity index (χ1n) is 8.40. The molecule has 0 aromatic heterocycles. The van der Waals surface area contributed by atoms with E-state index in [1.54, 1.807) is 12.1 Å². The average Bonchev–Trinajstić information content (AvgIpc) is 2.61. The van der Waals surface area contributed by atoms with Gasteiger partial charge in [-0.2, -0.15) is 0 Å². The number of carboxylic acid groups (broad SMARTS) is 1. The monoisotopic (exact) mass is 358 g/mol. The third kappa shape index (κ3) is 2.60. The number of carbonyl (C=O) groups is 1. The van der Waals surface area contributed by atoms with Crippen LogP contribution in [0.3, 0.4) is 0 Å². The summed E-state index contributed by atoms with van der Waals surface area (Å²) in [5.74, 6) is 0.162. The van der Waals surface area contributed by atoms with Crippen LogP contribution in [0.15, 0.2) is 48.5 Å². The number of hydrogen-bond donors (Lipinski definition) is 3. The van der Waals surface area contributed by atoms with Gasteiger partial charge in [0.25, 0.3) is 0 Å². The molecular formula is C22H18N2O3. The highest BCUT2D eigenvalue weighted by atomic mass is 16.5. The third-order valence-corrected chi connectivity index (χ3v) is 4.70. The maximum atomic E-state index is 12.0. The molecule has 0 fully saturated rings. The van der Waals surface area contributed by atoms with Crippen molar-refractivity contribution in [1.82, 2.24) is 0 Å². The Morgan fingerprint density at radius 3 is 2.48 bits per heavy atom. The summed E-state index contributed by atoms with van der Waals surface area (Å²) in [4.78, 5) is 12.0. The van der Waals surface area contributed by atoms with Gasteiger partial charge >= 0.3 is 5.97 Å². The molecule has 0 radical (unpaired) electrons. The van der Waals surface area contributed by atoms with Gasteiger partial charge in [-0.3, -0.25) is 0 Å². The van der Waals surface area contributed by atoms with Crippen LogP contribution in [0.25, 0.3) is 12.2 Å². The number of nitrogens with two attached hydrogens (primary N) is 2. The minimum atomic E-state index is -1.13. The Balaban J connectivity index is 2.19. The SMILES string of the molecule is C=c1ccc2c(c1)Oc1cc(C)ccc1C=2c1ccc(N)c(N)c1C(=O)O. The first-order valence-corrected chi connectivity index (χ1v) is 8.40. The van der Waals surface area contributed by atoms with E-state index in [0.29, 0.717) is 17.1 Å². The van der Waals surface area contributed by atoms with Gasteiger partial charge < -0.3 is 21.3 Å². The summed E-state index contributed by atoms with van der Waals surface area (Å²) in [5.41, 5.74) is 15.2. The molecule has 5 nitrogen and oxygen atoms in total. The lowest BCUT2D eigenvalue weighted by atomic mass is 9.88. The summed E-state index contributed by atoms with van der Waals surface area (Å²) < 4.78 is 6.08. The van der Waals surface area contributed by atoms with E-state index in [1.807, 2.05) is 43.3 Å². The highest BCUT2D eigenvalue weighted by Crippen LogP contribution is 2.39. The number of ether oxygens (including phenoxy) is 1. The van der Waals surface area contributed by atoms with Gasteiger partial charge in [0.15, 0.2) is 0 Å². The second kappa shape index (κ2) is 5.92. The van der Waals surface area contributed by atoms with Crippen molar-refractivity contribution in [1.29, 1.82) is 0 Å². The van der Waals surface area contributed by atoms with Crippen molar-refractivity contribution in [3.63, 3.8) is 0 Å². The molecule has 0 aliphatic carbocycles. The Morgan fingerprint density at radius 2 is 1.74 bits per heavy atom. The molecule has 134 valence electrons. The van der Waals surface area contributed by atoms with Crippen molar-refractivity contribution in [2.45, 2.75) is 6.92 Å². The van der Waals surface area contributed by atoms with E-state index in [2.05, 4.69) is 6.58 Å². The van der Waals surface area contributed by atoms with Crippen LogP contribution in [0.5, 0.6) is 11.5 Å². The topological polar surface area (TPSA) is 98.6 Å². The molecule has 5 heteroatoms. The summed E-state index contributed by atoms with van der Waals surface area (Å²) >= 11 is 0. The van der Waals surface area contributed by atoms with E-state index >= 15 is 0 Å². The number of aryl methyl sites for hydroxylation is 1. The van der Waals surface area contributed by atoms with Gasteiger partial charge in [0.05, 0.1) is 16.9 Å². The summed E-state index contributed by atoms with van der Waals surface area (Å²) in [6.07, 6.45) is 0. The zero-order valence-corrected chi connectivity index (χ0v) is 14.7. The molecular weight excluding hydrogens is 340 g/mol. The van der Waals surface area contributed by atoms with Crippen LogP contribution in [0, 0.1) is 6.92 Å². The van der Waals surface area contributed by atoms with Crippen LogP contribution in [0.2, 0.25) is 0 Å². The maximum absolute atomic E-state index is 12.0. The van der Waals surface area contributed by atoms with Crippen molar-refractivity contribution in [2.24, 2.45) is 0 Å². The first kappa shape index (κ1) is 16.7. The molecule has 3 aromatic carbocycles. The zero-order valence-electron chi connectivity index (χ0n) is 14.7. The number of rotatable bonds is 2. The highest BCUT2D eigenvalue weighted by Gasteiger charge is 2.25. The standard InChI is InChI=1S/C22H18N2O3/c1-11-3-5-13-17(9-11)27-18-10-12(2)4-6-14(18)19(13)15-7-8-16(23)21(24)20(15)22(25)26/h3-10H,1,23-24H2,2H3,(H,25,26). The number of aromatic carboxylic acids is 1. The molecule has 0 saturated heterocycles. The van der Waals surface area contributed by atoms with Crippen molar-refractivity contribution >= 4 is 29.5 Å². The molecule has 3 aromatic rings. The van der Waals surface area contributed by atoms with Crippen LogP contribution in [0.1, 0.15) is 27.0 Å². The molecule has 1 aliphatic heterocycles. The molecule has 0 amide bonds. The average molecular weight is 358 g/mol. The minimum absolute atomic E-state index is 0.0110. The Bertz CT molecular complexity index is 1230. The number of fused-ring (bicyclic) bond motifs is 2. The van der Waals surface area contributed by atoms with E-state index in [1.165, 1.54) is 0 Å². The smallest absolute Gasteiger partial charge is 0.338 e. The Kier molecular flexibility index (Phi) is 3.66. The number of benzene rings is 3. The van der Waals surface area contributed by atoms with E-state index in [-0.39, 0.29) is 16.9 Å². The lowest BCUT2D eigenvalue weighted by Crippen LogP contribution is -2.21. The second-order valence-corrected chi connectivity index (χ2v) is 6.60. The number of nitrogen functional groups attached to an aromatic ring is 2. The maximum Gasteiger partial charge on any atom is 0.338 e. The molecule has 1 aliphatic rings. The number of anilines is 2. The fourth-order valence-corrected chi connectivity index (χ4v) is 3.41. The quantitative estimate of drug-likeness (QED) is 0.479. The summed E-state index contributed by atoms with van der Waals surface area (Å²) in [5, 5.41) is 11.4. The molecule has 0 bridgehead atoms. The van der Waals surface area contributed by atoms with Gasteiger partial charge in [0.1, 0.15) is 11.5 Å². The molecule has 0 spiro atoms. The molecule has 4 rings (SSSR count). The Labute approximate surface area is 155 Å². The second-order valence-electron chi connectivity index (χ2n) is 6.60. The molecule has 27 heavy (non-hydrogen) atoms. The lowest BCUT2D eigenvalue weighted by Gasteiger charge is -2.23. The molecule has 0 atom stereocenters. The largest absolute Gasteiger partial charge is 0.478 e. The predicted octanol–water partition coefficient (Wildman–Crippen LogP) is 2.62. The van der Waals surface area contributed by atoms with E-state index in [4.69, 9.17) is 16.2 Å². The van der Waals surface area contributed by atoms with Crippen molar-refractivity contribution in [2.75, 3.05) is 11.5 Å². The van der Waals surface area contributed by atoms with E-state index < -0.39 is 5.97 Å². The highest BCUT2D eigenvalue weighted by molar-refractivity contribution is 6.04. The van der Waals surface area contributed by atoms with Gasteiger partial charge in [-0.1, -0.05) is 36.9 Å². The summed E-state index contributed by atoms with van der Waals surface area (Å²) in [6, 6.07) is 14.7. The lowest BCUT2D eigenvalue weighted by molar-refractivity contribution is 0.0697. The molecule has 0 saturated carbocycles. The third-order valence-electron chi connectivity index (χ3n) is 4.70. The van der Waals surface area contributed by atoms with E-state index in [9.17, 15) is 9.90 Å². The van der Waals surface area contributed by atoms with Gasteiger partial charge in [0, 0.05) is 16.4 Å². The Morgan fingerprint density at radius 1 is 1.00 bits per heavy atom. The van der Waals surface area contributed by atoms with Gasteiger partial charge in [-0.15, -0.1) is 0 Å². The summed E-state index contributed by atoms with van der Waals surface area (Å²) in [6.45, 7) is 5.92. The van der Waals surface area contributed by atoms with E-state index in [0.717, 1.165) is 27.1 Å². The fourth-order valence-electron chi connectivity index (χ4n) is 3.41. The Hall–Kier alpha value is -3.73. The van der Waals surface area contributed by atoms with Crippen molar-refractivity contribution in [3.05, 3.63) is 81.2 Å². The first-order chi connectivity index (χ1) is 12.9. The van der Waals surface area contributed by atoms with Crippen LogP contribution < -0.4 is 26.6 Å². The van der Waals surface area contributed by atoms with Crippen molar-refractivity contribution in [3.8, 4) is 11.5 Å². The fraction of sp³-hybridized carbons (Fsp3) is 0.0455. The van der Waals surface area contributed by atoms with Gasteiger partial charge in [-0.25, -0.2) is 4.79 Å². The van der Waals surface area contributed by atoms with Crippen LogP contribution in [-0.2, 0) is 0 Å². The minimum Gasteiger partial charge on any atom is -0.478 e.